The van der Waals surface area contributed by atoms with E-state index in [2.05, 4.69) is 60.2 Å². The van der Waals surface area contributed by atoms with Crippen molar-refractivity contribution in [1.29, 1.82) is 0 Å². The van der Waals surface area contributed by atoms with Crippen LogP contribution in [0, 0.1) is 6.92 Å². The number of hydrogen-bond acceptors (Lipinski definition) is 9. The quantitative estimate of drug-likeness (QED) is 0.232. The Hall–Kier alpha value is -4.12. The van der Waals surface area contributed by atoms with Crippen LogP contribution in [0.1, 0.15) is 79.5 Å². The molecule has 1 aromatic carbocycles. The summed E-state index contributed by atoms with van der Waals surface area (Å²) in [7, 11) is 0. The van der Waals surface area contributed by atoms with Crippen LogP contribution >= 0.6 is 11.3 Å². The van der Waals surface area contributed by atoms with Crippen molar-refractivity contribution in [2.75, 3.05) is 11.9 Å². The molecule has 4 aromatic rings. The molecule has 10 nitrogen and oxygen atoms in total. The van der Waals surface area contributed by atoms with Crippen molar-refractivity contribution >= 4 is 35.0 Å². The first-order valence-corrected chi connectivity index (χ1v) is 15.3. The van der Waals surface area contributed by atoms with Crippen LogP contribution in [-0.2, 0) is 29.7 Å². The smallest absolute Gasteiger partial charge is 0.410 e. The fourth-order valence-electron chi connectivity index (χ4n) is 4.76. The van der Waals surface area contributed by atoms with Crippen molar-refractivity contribution in [2.45, 2.75) is 85.4 Å². The minimum Gasteiger partial charge on any atom is -0.444 e. The van der Waals surface area contributed by atoms with Gasteiger partial charge in [0, 0.05) is 42.4 Å². The van der Waals surface area contributed by atoms with Gasteiger partial charge in [0.2, 0.25) is 5.95 Å². The van der Waals surface area contributed by atoms with Crippen molar-refractivity contribution in [2.24, 2.45) is 0 Å². The molecule has 0 spiro atoms. The molecule has 0 fully saturated rings. The summed E-state index contributed by atoms with van der Waals surface area (Å²) in [5.41, 5.74) is 4.29. The number of aromatic nitrogens is 5. The van der Waals surface area contributed by atoms with Crippen LogP contribution in [0.25, 0.3) is 11.3 Å². The molecule has 0 bridgehead atoms. The first-order chi connectivity index (χ1) is 20.2. The third-order valence-corrected chi connectivity index (χ3v) is 8.49. The Balaban J connectivity index is 1.22. The van der Waals surface area contributed by atoms with Crippen LogP contribution in [0.3, 0.4) is 0 Å². The summed E-state index contributed by atoms with van der Waals surface area (Å²) < 4.78 is 7.41. The average Bonchev–Trinajstić information content (AvgIpc) is 3.58. The lowest BCUT2D eigenvalue weighted by molar-refractivity contribution is 0.0194. The number of nitrogens with zero attached hydrogens (tertiary/aromatic N) is 6. The van der Waals surface area contributed by atoms with E-state index in [0.29, 0.717) is 44.2 Å². The topological polar surface area (TPSA) is 115 Å². The minimum absolute atomic E-state index is 0.0603. The molecule has 0 saturated heterocycles. The first-order valence-electron chi connectivity index (χ1n) is 14.5. The monoisotopic (exact) mass is 601 g/mol. The van der Waals surface area contributed by atoms with E-state index in [-0.39, 0.29) is 17.3 Å². The van der Waals surface area contributed by atoms with Gasteiger partial charge in [-0.3, -0.25) is 9.48 Å². The summed E-state index contributed by atoms with van der Waals surface area (Å²) in [5, 5.41) is 8.82. The number of rotatable bonds is 7. The molecule has 0 atom stereocenters. The Kier molecular flexibility index (Phi) is 8.38. The summed E-state index contributed by atoms with van der Waals surface area (Å²) in [6.07, 6.45) is 4.21. The predicted octanol–water partition coefficient (Wildman–Crippen LogP) is 6.71. The Morgan fingerprint density at radius 2 is 1.84 bits per heavy atom. The predicted molar refractivity (Wildman–Crippen MR) is 168 cm³/mol. The van der Waals surface area contributed by atoms with Crippen LogP contribution in [0.2, 0.25) is 0 Å². The number of carbonyl (C=O) groups is 2. The fraction of sp³-hybridized carbons (Fsp3) is 0.438. The number of carbonyl (C=O) groups excluding carboxylic acids is 2. The number of amides is 1. The van der Waals surface area contributed by atoms with Gasteiger partial charge >= 0.3 is 6.09 Å². The van der Waals surface area contributed by atoms with Crippen LogP contribution < -0.4 is 5.32 Å². The van der Waals surface area contributed by atoms with Gasteiger partial charge in [-0.15, -0.1) is 11.3 Å². The van der Waals surface area contributed by atoms with E-state index in [0.717, 1.165) is 38.0 Å². The van der Waals surface area contributed by atoms with Gasteiger partial charge in [0.25, 0.3) is 0 Å². The Morgan fingerprint density at radius 3 is 2.53 bits per heavy atom. The molecule has 5 rings (SSSR count). The van der Waals surface area contributed by atoms with Gasteiger partial charge in [0.1, 0.15) is 5.60 Å². The van der Waals surface area contributed by atoms with Gasteiger partial charge < -0.3 is 15.0 Å². The highest BCUT2D eigenvalue weighted by Gasteiger charge is 2.27. The van der Waals surface area contributed by atoms with Crippen LogP contribution in [0.5, 0.6) is 0 Å². The number of ketones is 1. The molecule has 0 saturated carbocycles. The third kappa shape index (κ3) is 7.45. The van der Waals surface area contributed by atoms with Crippen molar-refractivity contribution in [3.8, 4) is 11.3 Å². The highest BCUT2D eigenvalue weighted by molar-refractivity contribution is 7.13. The molecule has 0 aliphatic carbocycles. The molecule has 43 heavy (non-hydrogen) atoms. The molecule has 1 aliphatic heterocycles. The number of hydrogen-bond donors (Lipinski definition) is 1. The van der Waals surface area contributed by atoms with Gasteiger partial charge in [-0.2, -0.15) is 5.10 Å². The van der Waals surface area contributed by atoms with E-state index in [1.54, 1.807) is 17.3 Å². The van der Waals surface area contributed by atoms with E-state index < -0.39 is 5.60 Å². The Labute approximate surface area is 256 Å². The summed E-state index contributed by atoms with van der Waals surface area (Å²) in [6.45, 7) is 15.5. The maximum absolute atomic E-state index is 12.8. The fourth-order valence-corrected chi connectivity index (χ4v) is 5.70. The summed E-state index contributed by atoms with van der Waals surface area (Å²) in [6, 6.07) is 9.97. The molecule has 0 radical (unpaired) electrons. The van der Waals surface area contributed by atoms with E-state index in [9.17, 15) is 9.59 Å². The lowest BCUT2D eigenvalue weighted by atomic mass is 9.98. The lowest BCUT2D eigenvalue weighted by Crippen LogP contribution is -2.41. The maximum Gasteiger partial charge on any atom is 0.410 e. The SMILES string of the molecule is Cc1cc(-c2ccnc(Nc3cc4n(n3)CCN(C(=O)OC(C)(C)C)C4)n2)ccc1CCC(=O)c1cnc(C(C)(C)C)s1. The zero-order chi connectivity index (χ0) is 30.9. The molecule has 4 heterocycles. The highest BCUT2D eigenvalue weighted by Crippen LogP contribution is 2.28. The third-order valence-electron chi connectivity index (χ3n) is 7.03. The van der Waals surface area contributed by atoms with Crippen LogP contribution in [-0.4, -0.2) is 53.7 Å². The maximum atomic E-state index is 12.8. The molecule has 3 aromatic heterocycles. The van der Waals surface area contributed by atoms with E-state index >= 15 is 0 Å². The van der Waals surface area contributed by atoms with Crippen molar-refractivity contribution in [3.05, 3.63) is 69.4 Å². The summed E-state index contributed by atoms with van der Waals surface area (Å²) in [4.78, 5) is 41.3. The van der Waals surface area contributed by atoms with Gasteiger partial charge in [0.05, 0.1) is 34.4 Å². The number of aryl methyl sites for hydroxylation is 2. The number of anilines is 2. The van der Waals surface area contributed by atoms with Gasteiger partial charge in [-0.1, -0.05) is 32.9 Å². The second kappa shape index (κ2) is 11.9. The van der Waals surface area contributed by atoms with Crippen molar-refractivity contribution in [3.63, 3.8) is 0 Å². The number of Topliss-reactive ketones (excluding diaryl/α,β-unsaturated/α-hetero) is 1. The second-order valence-corrected chi connectivity index (χ2v) is 13.9. The van der Waals surface area contributed by atoms with Crippen molar-refractivity contribution < 1.29 is 14.3 Å². The molecule has 1 N–H and O–H groups in total. The zero-order valence-corrected chi connectivity index (χ0v) is 26.7. The highest BCUT2D eigenvalue weighted by atomic mass is 32.1. The van der Waals surface area contributed by atoms with Gasteiger partial charge in [-0.25, -0.2) is 19.7 Å². The summed E-state index contributed by atoms with van der Waals surface area (Å²) >= 11 is 1.49. The first kappa shape index (κ1) is 30.3. The molecule has 1 aliphatic rings. The standard InChI is InChI=1S/C32H39N7O3S/c1-20-16-22(9-8-21(20)10-11-25(40)26-18-34-28(43-26)31(2,3)4)24-12-13-33-29(35-24)36-27-17-23-19-38(14-15-39(23)37-27)30(41)42-32(5,6)7/h8-9,12-13,16-18H,10-11,14-15,19H2,1-7H3,(H,33,35,36,37). The van der Waals surface area contributed by atoms with E-state index in [4.69, 9.17) is 9.72 Å². The molecule has 11 heteroatoms. The minimum atomic E-state index is -0.541. The van der Waals surface area contributed by atoms with Gasteiger partial charge in [-0.05, 0) is 57.4 Å². The normalized spacial score (nSPS) is 13.5. The number of nitrogens with one attached hydrogen (secondary N) is 1. The van der Waals surface area contributed by atoms with Crippen LogP contribution in [0.15, 0.2) is 42.7 Å². The number of thiazole rings is 1. The molecule has 226 valence electrons. The molecular formula is C32H39N7O3S. The number of ether oxygens (including phenoxy) is 1. The van der Waals surface area contributed by atoms with Crippen molar-refractivity contribution in [1.82, 2.24) is 29.6 Å². The Bertz CT molecular complexity index is 1650. The average molecular weight is 602 g/mol. The number of benzene rings is 1. The molecule has 0 unspecified atom stereocenters. The van der Waals surface area contributed by atoms with E-state index in [1.807, 2.05) is 43.7 Å². The summed E-state index contributed by atoms with van der Waals surface area (Å²) in [5.74, 6) is 1.18. The van der Waals surface area contributed by atoms with E-state index in [1.165, 1.54) is 11.3 Å². The second-order valence-electron chi connectivity index (χ2n) is 12.9. The molecular weight excluding hydrogens is 562 g/mol. The van der Waals surface area contributed by atoms with Crippen LogP contribution in [0.4, 0.5) is 16.6 Å². The Morgan fingerprint density at radius 1 is 1.05 bits per heavy atom. The zero-order valence-electron chi connectivity index (χ0n) is 25.9. The lowest BCUT2D eigenvalue weighted by Gasteiger charge is -2.30. The van der Waals surface area contributed by atoms with Gasteiger partial charge in [0.15, 0.2) is 11.6 Å². The number of fused-ring (bicyclic) bond motifs is 1. The molecule has 1 amide bonds. The largest absolute Gasteiger partial charge is 0.444 e.